The third kappa shape index (κ3) is 4.62. The fourth-order valence-electron chi connectivity index (χ4n) is 2.56. The van der Waals surface area contributed by atoms with Gasteiger partial charge in [0.25, 0.3) is 0 Å². The van der Waals surface area contributed by atoms with E-state index in [1.165, 1.54) is 14.1 Å². The smallest absolute Gasteiger partial charge is 0.233 e. The standard InChI is InChI=1S/C13H25N3O3S2/c1-16(2)21(18,19)10-9-15-12(17)13(11(14)20)7-5-3-4-6-8-13/h3-10H2,1-2H3,(H2,14,20)(H,15,17). The van der Waals surface area contributed by atoms with Crippen LogP contribution >= 0.6 is 12.2 Å². The molecule has 21 heavy (non-hydrogen) atoms. The van der Waals surface area contributed by atoms with Crippen LogP contribution in [0.2, 0.25) is 0 Å². The van der Waals surface area contributed by atoms with Crippen LogP contribution < -0.4 is 11.1 Å². The maximum absolute atomic E-state index is 12.5. The van der Waals surface area contributed by atoms with E-state index in [0.717, 1.165) is 30.0 Å². The molecule has 0 aromatic rings. The lowest BCUT2D eigenvalue weighted by Crippen LogP contribution is -2.49. The van der Waals surface area contributed by atoms with Gasteiger partial charge in [-0.1, -0.05) is 37.9 Å². The molecule has 1 aliphatic carbocycles. The van der Waals surface area contributed by atoms with Crippen molar-refractivity contribution in [3.63, 3.8) is 0 Å². The van der Waals surface area contributed by atoms with E-state index in [2.05, 4.69) is 5.32 Å². The molecule has 1 rings (SSSR count). The highest BCUT2D eigenvalue weighted by Gasteiger charge is 2.41. The van der Waals surface area contributed by atoms with Crippen LogP contribution in [0.4, 0.5) is 0 Å². The van der Waals surface area contributed by atoms with E-state index in [-0.39, 0.29) is 23.2 Å². The van der Waals surface area contributed by atoms with Crippen molar-refractivity contribution in [3.8, 4) is 0 Å². The molecule has 1 saturated carbocycles. The van der Waals surface area contributed by atoms with E-state index in [9.17, 15) is 13.2 Å². The maximum Gasteiger partial charge on any atom is 0.233 e. The first-order chi connectivity index (χ1) is 9.72. The molecule has 0 aromatic heterocycles. The first kappa shape index (κ1) is 18.3. The molecule has 122 valence electrons. The van der Waals surface area contributed by atoms with Crippen molar-refractivity contribution >= 4 is 33.1 Å². The lowest BCUT2D eigenvalue weighted by molar-refractivity contribution is -0.127. The fraction of sp³-hybridized carbons (Fsp3) is 0.846. The molecule has 0 saturated heterocycles. The minimum atomic E-state index is -3.32. The van der Waals surface area contributed by atoms with Gasteiger partial charge in [-0.25, -0.2) is 12.7 Å². The Bertz CT molecular complexity index is 481. The van der Waals surface area contributed by atoms with E-state index in [1.807, 2.05) is 0 Å². The van der Waals surface area contributed by atoms with Crippen molar-refractivity contribution < 1.29 is 13.2 Å². The Morgan fingerprint density at radius 3 is 2.19 bits per heavy atom. The third-order valence-electron chi connectivity index (χ3n) is 4.07. The van der Waals surface area contributed by atoms with Gasteiger partial charge in [-0.15, -0.1) is 0 Å². The lowest BCUT2D eigenvalue weighted by Gasteiger charge is -2.30. The summed E-state index contributed by atoms with van der Waals surface area (Å²) in [6.07, 6.45) is 5.28. The number of amides is 1. The average Bonchev–Trinajstić information content (AvgIpc) is 2.64. The van der Waals surface area contributed by atoms with Gasteiger partial charge in [-0.2, -0.15) is 0 Å². The number of thiocarbonyl (C=S) groups is 1. The Kier molecular flexibility index (Phi) is 6.55. The number of carbonyl (C=O) groups excluding carboxylic acids is 1. The molecule has 1 fully saturated rings. The van der Waals surface area contributed by atoms with Gasteiger partial charge in [0.2, 0.25) is 15.9 Å². The van der Waals surface area contributed by atoms with Gasteiger partial charge in [-0.3, -0.25) is 4.79 Å². The lowest BCUT2D eigenvalue weighted by atomic mass is 9.79. The number of carbonyl (C=O) groups is 1. The van der Waals surface area contributed by atoms with Gasteiger partial charge in [0.15, 0.2) is 0 Å². The zero-order chi connectivity index (χ0) is 16.1. The molecule has 0 aliphatic heterocycles. The van der Waals surface area contributed by atoms with E-state index in [0.29, 0.717) is 12.8 Å². The second kappa shape index (κ2) is 7.51. The highest BCUT2D eigenvalue weighted by atomic mass is 32.2. The molecule has 0 spiro atoms. The first-order valence-corrected chi connectivity index (χ1v) is 9.22. The normalized spacial score (nSPS) is 19.0. The SMILES string of the molecule is CN(C)S(=O)(=O)CCNC(=O)C1(C(N)=S)CCCCCC1. The highest BCUT2D eigenvalue weighted by Crippen LogP contribution is 2.35. The molecule has 0 atom stereocenters. The molecule has 0 unspecified atom stereocenters. The summed E-state index contributed by atoms with van der Waals surface area (Å²) in [5.74, 6) is -0.357. The quantitative estimate of drug-likeness (QED) is 0.548. The van der Waals surface area contributed by atoms with Gasteiger partial charge >= 0.3 is 0 Å². The minimum Gasteiger partial charge on any atom is -0.392 e. The largest absolute Gasteiger partial charge is 0.392 e. The predicted octanol–water partition coefficient (Wildman–Crippen LogP) is 0.621. The van der Waals surface area contributed by atoms with E-state index in [4.69, 9.17) is 18.0 Å². The molecule has 0 heterocycles. The number of hydrogen-bond acceptors (Lipinski definition) is 4. The fourth-order valence-corrected chi connectivity index (χ4v) is 3.58. The van der Waals surface area contributed by atoms with E-state index in [1.54, 1.807) is 0 Å². The van der Waals surface area contributed by atoms with Crippen molar-refractivity contribution in [2.24, 2.45) is 11.1 Å². The highest BCUT2D eigenvalue weighted by molar-refractivity contribution is 7.89. The number of nitrogens with one attached hydrogen (secondary N) is 1. The summed E-state index contributed by atoms with van der Waals surface area (Å²) in [5, 5.41) is 2.70. The van der Waals surface area contributed by atoms with Crippen LogP contribution in [0.3, 0.4) is 0 Å². The summed E-state index contributed by atoms with van der Waals surface area (Å²) < 4.78 is 24.5. The number of nitrogens with two attached hydrogens (primary N) is 1. The first-order valence-electron chi connectivity index (χ1n) is 7.21. The molecular formula is C13H25N3O3S2. The molecule has 8 heteroatoms. The van der Waals surface area contributed by atoms with Crippen LogP contribution in [0.15, 0.2) is 0 Å². The predicted molar refractivity (Wildman–Crippen MR) is 87.4 cm³/mol. The Morgan fingerprint density at radius 2 is 1.76 bits per heavy atom. The molecule has 0 bridgehead atoms. The van der Waals surface area contributed by atoms with Crippen LogP contribution in [0, 0.1) is 5.41 Å². The maximum atomic E-state index is 12.5. The monoisotopic (exact) mass is 335 g/mol. The summed E-state index contributed by atoms with van der Waals surface area (Å²) in [4.78, 5) is 12.7. The topological polar surface area (TPSA) is 92.5 Å². The Labute approximate surface area is 132 Å². The van der Waals surface area contributed by atoms with Gasteiger partial charge < -0.3 is 11.1 Å². The second-order valence-corrected chi connectivity index (χ2v) is 8.46. The van der Waals surface area contributed by atoms with Gasteiger partial charge in [0.05, 0.1) is 16.2 Å². The number of nitrogens with zero attached hydrogens (tertiary/aromatic N) is 1. The number of hydrogen-bond donors (Lipinski definition) is 2. The van der Waals surface area contributed by atoms with E-state index < -0.39 is 15.4 Å². The van der Waals surface area contributed by atoms with Gasteiger partial charge in [-0.05, 0) is 12.8 Å². The van der Waals surface area contributed by atoms with Crippen molar-refractivity contribution in [1.82, 2.24) is 9.62 Å². The van der Waals surface area contributed by atoms with Crippen LogP contribution in [-0.4, -0.2) is 50.0 Å². The molecule has 1 amide bonds. The molecule has 0 aromatic carbocycles. The summed E-state index contributed by atoms with van der Waals surface area (Å²) >= 11 is 5.12. The van der Waals surface area contributed by atoms with Crippen LogP contribution in [-0.2, 0) is 14.8 Å². The number of sulfonamides is 1. The minimum absolute atomic E-state index is 0.0731. The molecule has 1 aliphatic rings. The van der Waals surface area contributed by atoms with Crippen LogP contribution in [0.1, 0.15) is 38.5 Å². The molecule has 6 nitrogen and oxygen atoms in total. The van der Waals surface area contributed by atoms with Crippen molar-refractivity contribution in [1.29, 1.82) is 0 Å². The Balaban J connectivity index is 2.68. The van der Waals surface area contributed by atoms with Crippen LogP contribution in [0.25, 0.3) is 0 Å². The third-order valence-corrected chi connectivity index (χ3v) is 6.29. The Hall–Kier alpha value is -0.730. The van der Waals surface area contributed by atoms with Crippen molar-refractivity contribution in [2.45, 2.75) is 38.5 Å². The molecule has 0 radical (unpaired) electrons. The summed E-state index contributed by atoms with van der Waals surface area (Å²) in [7, 11) is -0.375. The molecule has 3 N–H and O–H groups in total. The summed E-state index contributed by atoms with van der Waals surface area (Å²) in [6.45, 7) is 0.0731. The molecular weight excluding hydrogens is 310 g/mol. The summed E-state index contributed by atoms with van der Waals surface area (Å²) in [6, 6.07) is 0. The van der Waals surface area contributed by atoms with Crippen LogP contribution in [0.5, 0.6) is 0 Å². The summed E-state index contributed by atoms with van der Waals surface area (Å²) in [5.41, 5.74) is 5.01. The zero-order valence-electron chi connectivity index (χ0n) is 12.7. The average molecular weight is 335 g/mol. The van der Waals surface area contributed by atoms with Gasteiger partial charge in [0, 0.05) is 20.6 Å². The zero-order valence-corrected chi connectivity index (χ0v) is 14.4. The van der Waals surface area contributed by atoms with Crippen molar-refractivity contribution in [2.75, 3.05) is 26.4 Å². The van der Waals surface area contributed by atoms with E-state index >= 15 is 0 Å². The Morgan fingerprint density at radius 1 is 1.24 bits per heavy atom. The number of rotatable bonds is 6. The second-order valence-electron chi connectivity index (χ2n) is 5.71. The van der Waals surface area contributed by atoms with Crippen molar-refractivity contribution in [3.05, 3.63) is 0 Å². The van der Waals surface area contributed by atoms with Gasteiger partial charge in [0.1, 0.15) is 0 Å².